The zero-order valence-electron chi connectivity index (χ0n) is 12.8. The number of aromatic nitrogens is 2. The average molecular weight is 341 g/mol. The number of nitrogens with zero attached hydrogens (tertiary/aromatic N) is 3. The smallest absolute Gasteiger partial charge is 0.246 e. The fourth-order valence-corrected chi connectivity index (χ4v) is 4.50. The van der Waals surface area contributed by atoms with Crippen molar-refractivity contribution >= 4 is 10.0 Å². The molecule has 1 heterocycles. The fraction of sp³-hybridized carbons (Fsp3) is 0.400. The number of rotatable bonds is 3. The lowest BCUT2D eigenvalue weighted by molar-refractivity contribution is 0.333. The van der Waals surface area contributed by atoms with E-state index in [0.717, 1.165) is 40.5 Å². The lowest BCUT2D eigenvalue weighted by Crippen LogP contribution is -2.33. The van der Waals surface area contributed by atoms with Gasteiger partial charge in [0.15, 0.2) is 0 Å². The third-order valence-corrected chi connectivity index (χ3v) is 6.21. The van der Waals surface area contributed by atoms with E-state index in [-0.39, 0.29) is 0 Å². The summed E-state index contributed by atoms with van der Waals surface area (Å²) < 4.78 is 55.5. The standard InChI is InChI=1S/C15H17F2N3O2S/c1-19-13-4-3-5-14(11(13)9-18-19)20(2)23(21,22)15-8-10(16)6-7-12(15)17/h6-9,14H,3-5H2,1-2H3/t14-/m0/s1. The Morgan fingerprint density at radius 2 is 2.09 bits per heavy atom. The normalized spacial score (nSPS) is 18.2. The van der Waals surface area contributed by atoms with Gasteiger partial charge in [-0.05, 0) is 37.5 Å². The molecule has 1 atom stereocenters. The van der Waals surface area contributed by atoms with Gasteiger partial charge in [0.2, 0.25) is 10.0 Å². The van der Waals surface area contributed by atoms with Gasteiger partial charge in [0, 0.05) is 25.4 Å². The monoisotopic (exact) mass is 341 g/mol. The van der Waals surface area contributed by atoms with Gasteiger partial charge in [-0.15, -0.1) is 0 Å². The second-order valence-corrected chi connectivity index (χ2v) is 7.64. The van der Waals surface area contributed by atoms with Gasteiger partial charge in [-0.3, -0.25) is 4.68 Å². The minimum atomic E-state index is -4.14. The Bertz CT molecular complexity index is 848. The Kier molecular flexibility index (Phi) is 3.97. The SMILES string of the molecule is CN([C@H]1CCCc2c1cnn2C)S(=O)(=O)c1cc(F)ccc1F. The van der Waals surface area contributed by atoms with Gasteiger partial charge in [-0.25, -0.2) is 17.2 Å². The van der Waals surface area contributed by atoms with E-state index in [4.69, 9.17) is 0 Å². The molecule has 1 aliphatic rings. The molecule has 0 unspecified atom stereocenters. The maximum atomic E-state index is 13.9. The molecular formula is C15H17F2N3O2S. The van der Waals surface area contributed by atoms with E-state index in [0.29, 0.717) is 12.5 Å². The Morgan fingerprint density at radius 1 is 1.35 bits per heavy atom. The van der Waals surface area contributed by atoms with E-state index in [1.54, 1.807) is 10.9 Å². The van der Waals surface area contributed by atoms with Crippen LogP contribution in [0.4, 0.5) is 8.78 Å². The lowest BCUT2D eigenvalue weighted by atomic mass is 9.93. The van der Waals surface area contributed by atoms with Gasteiger partial charge in [0.25, 0.3) is 0 Å². The summed E-state index contributed by atoms with van der Waals surface area (Å²) in [6.45, 7) is 0. The average Bonchev–Trinajstić information content (AvgIpc) is 2.90. The number of hydrogen-bond acceptors (Lipinski definition) is 3. The van der Waals surface area contributed by atoms with Crippen molar-refractivity contribution in [3.05, 3.63) is 47.3 Å². The van der Waals surface area contributed by atoms with Crippen molar-refractivity contribution < 1.29 is 17.2 Å². The number of benzene rings is 1. The van der Waals surface area contributed by atoms with Crippen LogP contribution in [-0.2, 0) is 23.5 Å². The molecule has 0 spiro atoms. The largest absolute Gasteiger partial charge is 0.272 e. The second-order valence-electron chi connectivity index (χ2n) is 5.67. The molecule has 23 heavy (non-hydrogen) atoms. The molecule has 0 N–H and O–H groups in total. The van der Waals surface area contributed by atoms with E-state index in [1.807, 2.05) is 7.05 Å². The van der Waals surface area contributed by atoms with Crippen molar-refractivity contribution in [2.24, 2.45) is 7.05 Å². The minimum absolute atomic E-state index is 0.430. The highest BCUT2D eigenvalue weighted by Crippen LogP contribution is 2.36. The predicted molar refractivity (Wildman–Crippen MR) is 80.2 cm³/mol. The minimum Gasteiger partial charge on any atom is -0.272 e. The van der Waals surface area contributed by atoms with Crippen LogP contribution in [0, 0.1) is 11.6 Å². The van der Waals surface area contributed by atoms with E-state index < -0.39 is 32.6 Å². The molecule has 0 fully saturated rings. The van der Waals surface area contributed by atoms with Gasteiger partial charge < -0.3 is 0 Å². The van der Waals surface area contributed by atoms with Crippen LogP contribution in [0.5, 0.6) is 0 Å². The summed E-state index contributed by atoms with van der Waals surface area (Å²) in [6.07, 6.45) is 3.89. The number of sulfonamides is 1. The molecule has 1 aromatic heterocycles. The fourth-order valence-electron chi connectivity index (χ4n) is 3.06. The van der Waals surface area contributed by atoms with E-state index in [2.05, 4.69) is 5.10 Å². The van der Waals surface area contributed by atoms with Gasteiger partial charge in [-0.2, -0.15) is 9.40 Å². The van der Waals surface area contributed by atoms with Crippen LogP contribution in [0.1, 0.15) is 30.1 Å². The molecule has 8 heteroatoms. The Morgan fingerprint density at radius 3 is 2.83 bits per heavy atom. The summed E-state index contributed by atoms with van der Waals surface area (Å²) in [5.74, 6) is -1.75. The number of fused-ring (bicyclic) bond motifs is 1. The van der Waals surface area contributed by atoms with Gasteiger partial charge in [0.05, 0.1) is 12.2 Å². The molecule has 0 saturated carbocycles. The second kappa shape index (κ2) is 5.68. The first-order chi connectivity index (χ1) is 10.8. The molecule has 124 valence electrons. The molecule has 0 amide bonds. The van der Waals surface area contributed by atoms with Gasteiger partial charge in [0.1, 0.15) is 16.5 Å². The molecule has 0 radical (unpaired) electrons. The van der Waals surface area contributed by atoms with Crippen molar-refractivity contribution in [2.45, 2.75) is 30.2 Å². The highest BCUT2D eigenvalue weighted by atomic mass is 32.2. The predicted octanol–water partition coefficient (Wildman–Crippen LogP) is 2.40. The summed E-state index contributed by atoms with van der Waals surface area (Å²) in [7, 11) is -0.941. The van der Waals surface area contributed by atoms with Crippen molar-refractivity contribution in [1.82, 2.24) is 14.1 Å². The molecule has 0 saturated heterocycles. The van der Waals surface area contributed by atoms with Crippen molar-refractivity contribution in [3.8, 4) is 0 Å². The number of hydrogen-bond donors (Lipinski definition) is 0. The number of halogens is 2. The zero-order chi connectivity index (χ0) is 16.8. The topological polar surface area (TPSA) is 55.2 Å². The maximum Gasteiger partial charge on any atom is 0.246 e. The van der Waals surface area contributed by atoms with Crippen LogP contribution in [0.3, 0.4) is 0 Å². The molecule has 2 aromatic rings. The van der Waals surface area contributed by atoms with Gasteiger partial charge in [-0.1, -0.05) is 0 Å². The van der Waals surface area contributed by atoms with Crippen LogP contribution >= 0.6 is 0 Å². The van der Waals surface area contributed by atoms with Crippen molar-refractivity contribution in [3.63, 3.8) is 0 Å². The van der Waals surface area contributed by atoms with Gasteiger partial charge >= 0.3 is 0 Å². The number of aryl methyl sites for hydroxylation is 1. The third-order valence-electron chi connectivity index (χ3n) is 4.33. The first-order valence-electron chi connectivity index (χ1n) is 7.26. The van der Waals surface area contributed by atoms with Crippen LogP contribution in [-0.4, -0.2) is 29.6 Å². The first kappa shape index (κ1) is 16.1. The van der Waals surface area contributed by atoms with Crippen LogP contribution in [0.2, 0.25) is 0 Å². The van der Waals surface area contributed by atoms with Crippen LogP contribution < -0.4 is 0 Å². The summed E-state index contributed by atoms with van der Waals surface area (Å²) in [5, 5.41) is 4.18. The first-order valence-corrected chi connectivity index (χ1v) is 8.70. The van der Waals surface area contributed by atoms with E-state index in [9.17, 15) is 17.2 Å². The quantitative estimate of drug-likeness (QED) is 0.861. The Labute approximate surface area is 133 Å². The summed E-state index contributed by atoms with van der Waals surface area (Å²) >= 11 is 0. The Balaban J connectivity index is 2.03. The summed E-state index contributed by atoms with van der Waals surface area (Å²) in [6, 6.07) is 2.01. The molecule has 3 rings (SSSR count). The summed E-state index contributed by atoms with van der Waals surface area (Å²) in [5.41, 5.74) is 1.80. The highest BCUT2D eigenvalue weighted by Gasteiger charge is 2.35. The van der Waals surface area contributed by atoms with E-state index in [1.165, 1.54) is 7.05 Å². The molecule has 5 nitrogen and oxygen atoms in total. The third kappa shape index (κ3) is 2.66. The highest BCUT2D eigenvalue weighted by molar-refractivity contribution is 7.89. The van der Waals surface area contributed by atoms with Crippen LogP contribution in [0.15, 0.2) is 29.3 Å². The van der Waals surface area contributed by atoms with E-state index >= 15 is 0 Å². The van der Waals surface area contributed by atoms with Crippen LogP contribution in [0.25, 0.3) is 0 Å². The zero-order valence-corrected chi connectivity index (χ0v) is 13.6. The molecule has 1 aliphatic carbocycles. The molecule has 0 bridgehead atoms. The van der Waals surface area contributed by atoms with Crippen molar-refractivity contribution in [2.75, 3.05) is 7.05 Å². The Hall–Kier alpha value is -1.80. The summed E-state index contributed by atoms with van der Waals surface area (Å²) in [4.78, 5) is -0.643. The maximum absolute atomic E-state index is 13.9. The molecule has 0 aliphatic heterocycles. The molecular weight excluding hydrogens is 324 g/mol. The molecule has 1 aromatic carbocycles. The lowest BCUT2D eigenvalue weighted by Gasteiger charge is -2.30. The van der Waals surface area contributed by atoms with Crippen molar-refractivity contribution in [1.29, 1.82) is 0 Å².